The van der Waals surface area contributed by atoms with E-state index < -0.39 is 0 Å². The van der Waals surface area contributed by atoms with Gasteiger partial charge in [-0.15, -0.1) is 0 Å². The molecule has 3 aromatic rings. The van der Waals surface area contributed by atoms with E-state index in [1.807, 2.05) is 31.3 Å². The van der Waals surface area contributed by atoms with Gasteiger partial charge in [-0.05, 0) is 42.3 Å². The van der Waals surface area contributed by atoms with E-state index in [2.05, 4.69) is 11.6 Å². The number of hydrogen-bond acceptors (Lipinski definition) is 2. The van der Waals surface area contributed by atoms with Gasteiger partial charge in [0.1, 0.15) is 11.6 Å². The molecule has 110 valence electrons. The van der Waals surface area contributed by atoms with Gasteiger partial charge in [-0.2, -0.15) is 0 Å². The summed E-state index contributed by atoms with van der Waals surface area (Å²) in [5.41, 5.74) is 4.68. The predicted octanol–water partition coefficient (Wildman–Crippen LogP) is 5.08. The van der Waals surface area contributed by atoms with Crippen LogP contribution in [0.4, 0.5) is 4.39 Å². The number of allylic oxidation sites excluding steroid dienone is 1. The van der Waals surface area contributed by atoms with E-state index in [9.17, 15) is 4.39 Å². The summed E-state index contributed by atoms with van der Waals surface area (Å²) in [7, 11) is 1.63. The molecule has 0 saturated carbocycles. The highest BCUT2D eigenvalue weighted by molar-refractivity contribution is 6.00. The smallest absolute Gasteiger partial charge is 0.123 e. The molecule has 22 heavy (non-hydrogen) atoms. The van der Waals surface area contributed by atoms with Gasteiger partial charge in [0.2, 0.25) is 0 Å². The highest BCUT2D eigenvalue weighted by Gasteiger charge is 2.12. The molecule has 0 atom stereocenters. The summed E-state index contributed by atoms with van der Waals surface area (Å²) < 4.78 is 18.5. The minimum Gasteiger partial charge on any atom is -0.497 e. The topological polar surface area (TPSA) is 22.1 Å². The fourth-order valence-corrected chi connectivity index (χ4v) is 2.55. The molecule has 0 spiro atoms. The Kier molecular flexibility index (Phi) is 3.63. The quantitative estimate of drug-likeness (QED) is 0.671. The molecule has 0 aliphatic rings. The van der Waals surface area contributed by atoms with Gasteiger partial charge in [-0.25, -0.2) is 4.39 Å². The van der Waals surface area contributed by atoms with Crippen LogP contribution in [0, 0.1) is 5.82 Å². The van der Waals surface area contributed by atoms with Gasteiger partial charge >= 0.3 is 0 Å². The first-order chi connectivity index (χ1) is 10.6. The molecule has 1 aromatic heterocycles. The number of aromatic nitrogens is 1. The third-order valence-electron chi connectivity index (χ3n) is 3.67. The van der Waals surface area contributed by atoms with Gasteiger partial charge in [0.15, 0.2) is 0 Å². The Bertz CT molecular complexity index is 853. The van der Waals surface area contributed by atoms with Crippen LogP contribution in [0.15, 0.2) is 55.2 Å². The Morgan fingerprint density at radius 1 is 1.14 bits per heavy atom. The van der Waals surface area contributed by atoms with E-state index in [0.29, 0.717) is 0 Å². The van der Waals surface area contributed by atoms with E-state index in [-0.39, 0.29) is 5.82 Å². The van der Waals surface area contributed by atoms with Gasteiger partial charge < -0.3 is 4.74 Å². The summed E-state index contributed by atoms with van der Waals surface area (Å²) in [6.45, 7) is 5.97. The minimum atomic E-state index is -0.249. The SMILES string of the molecule is C=C(C)c1cnc2cc(OC)ccc2c1-c1ccc(F)cc1. The molecule has 0 fully saturated rings. The van der Waals surface area contributed by atoms with Crippen LogP contribution in [0.5, 0.6) is 5.75 Å². The van der Waals surface area contributed by atoms with Crippen LogP contribution < -0.4 is 4.74 Å². The predicted molar refractivity (Wildman–Crippen MR) is 88.4 cm³/mol. The van der Waals surface area contributed by atoms with E-state index in [1.54, 1.807) is 19.2 Å². The lowest BCUT2D eigenvalue weighted by atomic mass is 9.93. The van der Waals surface area contributed by atoms with Gasteiger partial charge in [0, 0.05) is 28.8 Å². The molecule has 0 saturated heterocycles. The van der Waals surface area contributed by atoms with Crippen molar-refractivity contribution in [3.8, 4) is 16.9 Å². The zero-order valence-electron chi connectivity index (χ0n) is 12.6. The first kappa shape index (κ1) is 14.3. The van der Waals surface area contributed by atoms with Crippen molar-refractivity contribution in [2.45, 2.75) is 6.92 Å². The third-order valence-corrected chi connectivity index (χ3v) is 3.67. The number of pyridine rings is 1. The minimum absolute atomic E-state index is 0.249. The molecule has 0 bridgehead atoms. The number of ether oxygens (including phenoxy) is 1. The fraction of sp³-hybridized carbons (Fsp3) is 0.105. The van der Waals surface area contributed by atoms with Crippen molar-refractivity contribution in [3.05, 3.63) is 66.6 Å². The number of fused-ring (bicyclic) bond motifs is 1. The average molecular weight is 293 g/mol. The summed E-state index contributed by atoms with van der Waals surface area (Å²) >= 11 is 0. The molecule has 3 heteroatoms. The van der Waals surface area contributed by atoms with Gasteiger partial charge in [-0.1, -0.05) is 18.7 Å². The van der Waals surface area contributed by atoms with Crippen molar-refractivity contribution >= 4 is 16.5 Å². The summed E-state index contributed by atoms with van der Waals surface area (Å²) in [4.78, 5) is 4.50. The second kappa shape index (κ2) is 5.60. The first-order valence-corrected chi connectivity index (χ1v) is 6.98. The van der Waals surface area contributed by atoms with Crippen molar-refractivity contribution in [1.82, 2.24) is 4.98 Å². The number of benzene rings is 2. The molecule has 0 aliphatic heterocycles. The van der Waals surface area contributed by atoms with Crippen LogP contribution in [0.25, 0.3) is 27.6 Å². The highest BCUT2D eigenvalue weighted by Crippen LogP contribution is 2.35. The van der Waals surface area contributed by atoms with E-state index >= 15 is 0 Å². The normalized spacial score (nSPS) is 10.7. The van der Waals surface area contributed by atoms with Crippen LogP contribution in [0.2, 0.25) is 0 Å². The third kappa shape index (κ3) is 2.46. The molecule has 2 nitrogen and oxygen atoms in total. The monoisotopic (exact) mass is 293 g/mol. The first-order valence-electron chi connectivity index (χ1n) is 6.98. The second-order valence-electron chi connectivity index (χ2n) is 5.22. The summed E-state index contributed by atoms with van der Waals surface area (Å²) in [5.74, 6) is 0.508. The lowest BCUT2D eigenvalue weighted by molar-refractivity contribution is 0.415. The maximum atomic E-state index is 13.2. The number of nitrogens with zero attached hydrogens (tertiary/aromatic N) is 1. The largest absolute Gasteiger partial charge is 0.497 e. The number of halogens is 1. The Morgan fingerprint density at radius 2 is 1.86 bits per heavy atom. The number of methoxy groups -OCH3 is 1. The standard InChI is InChI=1S/C19H16FNO/c1-12(2)17-11-21-18-10-15(22-3)8-9-16(18)19(17)13-4-6-14(20)7-5-13/h4-11H,1H2,2-3H3. The molecule has 0 radical (unpaired) electrons. The Morgan fingerprint density at radius 3 is 2.50 bits per heavy atom. The van der Waals surface area contributed by atoms with E-state index in [4.69, 9.17) is 4.74 Å². The zero-order chi connectivity index (χ0) is 15.7. The lowest BCUT2D eigenvalue weighted by Gasteiger charge is -2.13. The van der Waals surface area contributed by atoms with Crippen molar-refractivity contribution in [1.29, 1.82) is 0 Å². The van der Waals surface area contributed by atoms with Crippen molar-refractivity contribution in [2.75, 3.05) is 7.11 Å². The fourth-order valence-electron chi connectivity index (χ4n) is 2.55. The molecular formula is C19H16FNO. The zero-order valence-corrected chi connectivity index (χ0v) is 12.6. The van der Waals surface area contributed by atoms with Crippen molar-refractivity contribution in [3.63, 3.8) is 0 Å². The van der Waals surface area contributed by atoms with Crippen molar-refractivity contribution in [2.24, 2.45) is 0 Å². The Labute approximate surface area is 128 Å². The van der Waals surface area contributed by atoms with E-state index in [1.165, 1.54) is 12.1 Å². The van der Waals surface area contributed by atoms with Crippen LogP contribution in [0.3, 0.4) is 0 Å². The summed E-state index contributed by atoms with van der Waals surface area (Å²) in [5, 5.41) is 0.993. The number of rotatable bonds is 3. The lowest BCUT2D eigenvalue weighted by Crippen LogP contribution is -1.93. The Balaban J connectivity index is 2.34. The summed E-state index contributed by atoms with van der Waals surface area (Å²) in [6.07, 6.45) is 1.81. The molecule has 2 aromatic carbocycles. The molecule has 0 N–H and O–H groups in total. The molecule has 0 amide bonds. The molecule has 3 rings (SSSR count). The molecule has 0 aliphatic carbocycles. The molecular weight excluding hydrogens is 277 g/mol. The van der Waals surface area contributed by atoms with Crippen LogP contribution in [-0.4, -0.2) is 12.1 Å². The maximum absolute atomic E-state index is 13.2. The summed E-state index contributed by atoms with van der Waals surface area (Å²) in [6, 6.07) is 12.3. The van der Waals surface area contributed by atoms with Gasteiger partial charge in [-0.3, -0.25) is 4.98 Å². The Hall–Kier alpha value is -2.68. The van der Waals surface area contributed by atoms with E-state index in [0.717, 1.165) is 38.9 Å². The van der Waals surface area contributed by atoms with Gasteiger partial charge in [0.05, 0.1) is 12.6 Å². The van der Waals surface area contributed by atoms with Crippen LogP contribution >= 0.6 is 0 Å². The average Bonchev–Trinajstić information content (AvgIpc) is 2.54. The highest BCUT2D eigenvalue weighted by atomic mass is 19.1. The number of hydrogen-bond donors (Lipinski definition) is 0. The van der Waals surface area contributed by atoms with Crippen LogP contribution in [0.1, 0.15) is 12.5 Å². The van der Waals surface area contributed by atoms with Crippen molar-refractivity contribution < 1.29 is 9.13 Å². The van der Waals surface area contributed by atoms with Crippen LogP contribution in [-0.2, 0) is 0 Å². The molecule has 1 heterocycles. The second-order valence-corrected chi connectivity index (χ2v) is 5.22. The molecule has 0 unspecified atom stereocenters. The van der Waals surface area contributed by atoms with Gasteiger partial charge in [0.25, 0.3) is 0 Å². The maximum Gasteiger partial charge on any atom is 0.123 e.